The number of nitrogens with two attached hydrogens (primary N) is 1. The van der Waals surface area contributed by atoms with Crippen LogP contribution in [-0.4, -0.2) is 27.5 Å². The Morgan fingerprint density at radius 2 is 2.38 bits per heavy atom. The Labute approximate surface area is 80.6 Å². The van der Waals surface area contributed by atoms with Gasteiger partial charge in [0.1, 0.15) is 0 Å². The third-order valence-corrected chi connectivity index (χ3v) is 3.83. The van der Waals surface area contributed by atoms with Crippen LogP contribution >= 0.6 is 11.8 Å². The zero-order chi connectivity index (χ0) is 9.42. The lowest BCUT2D eigenvalue weighted by Gasteiger charge is -2.26. The quantitative estimate of drug-likeness (QED) is 0.652. The van der Waals surface area contributed by atoms with E-state index in [2.05, 4.69) is 4.99 Å². The first kappa shape index (κ1) is 8.87. The molecule has 0 radical (unpaired) electrons. The normalized spacial score (nSPS) is 38.2. The number of amidine groups is 1. The molecule has 1 heterocycles. The minimum Gasteiger partial charge on any atom is -0.481 e. The van der Waals surface area contributed by atoms with E-state index in [9.17, 15) is 4.79 Å². The monoisotopic (exact) mass is 200 g/mol. The topological polar surface area (TPSA) is 75.7 Å². The summed E-state index contributed by atoms with van der Waals surface area (Å²) in [5.74, 6) is -0.862. The molecular formula is C8H12N2O2S. The highest BCUT2D eigenvalue weighted by Crippen LogP contribution is 2.38. The first-order valence-electron chi connectivity index (χ1n) is 4.39. The maximum atomic E-state index is 10.7. The molecule has 0 aromatic rings. The second kappa shape index (κ2) is 3.21. The molecule has 13 heavy (non-hydrogen) atoms. The molecule has 0 bridgehead atoms. The van der Waals surface area contributed by atoms with Crippen molar-refractivity contribution in [2.75, 3.05) is 0 Å². The summed E-state index contributed by atoms with van der Waals surface area (Å²) >= 11 is 1.54. The molecule has 4 nitrogen and oxygen atoms in total. The number of carboxylic acids is 1. The summed E-state index contributed by atoms with van der Waals surface area (Å²) in [6.07, 6.45) is 2.33. The van der Waals surface area contributed by atoms with E-state index in [1.807, 2.05) is 0 Å². The second-order valence-electron chi connectivity index (χ2n) is 3.54. The summed E-state index contributed by atoms with van der Waals surface area (Å²) in [6, 6.07) is 0.278. The smallest absolute Gasteiger partial charge is 0.306 e. The fourth-order valence-corrected chi connectivity index (χ4v) is 3.15. The summed E-state index contributed by atoms with van der Waals surface area (Å²) in [5, 5.41) is 9.79. The number of hydrogen-bond donors (Lipinski definition) is 2. The van der Waals surface area contributed by atoms with Gasteiger partial charge in [-0.2, -0.15) is 0 Å². The van der Waals surface area contributed by atoms with E-state index in [-0.39, 0.29) is 12.0 Å². The highest BCUT2D eigenvalue weighted by Gasteiger charge is 2.37. The van der Waals surface area contributed by atoms with Crippen molar-refractivity contribution >= 4 is 22.9 Å². The van der Waals surface area contributed by atoms with Crippen molar-refractivity contribution in [2.45, 2.75) is 30.6 Å². The number of aliphatic carboxylic acids is 1. The lowest BCUT2D eigenvalue weighted by Crippen LogP contribution is -2.31. The zero-order valence-corrected chi connectivity index (χ0v) is 7.96. The molecule has 0 aromatic heterocycles. The molecule has 0 saturated heterocycles. The fraction of sp³-hybridized carbons (Fsp3) is 0.750. The predicted octanol–water partition coefficient (Wildman–Crippen LogP) is 0.670. The van der Waals surface area contributed by atoms with Gasteiger partial charge in [0.15, 0.2) is 5.17 Å². The Morgan fingerprint density at radius 1 is 1.62 bits per heavy atom. The SMILES string of the molecule is NC1=NC2CCC(C(=O)O)CC2S1. The van der Waals surface area contributed by atoms with Crippen LogP contribution in [0.15, 0.2) is 4.99 Å². The lowest BCUT2D eigenvalue weighted by atomic mass is 9.86. The number of fused-ring (bicyclic) bond motifs is 1. The maximum absolute atomic E-state index is 10.7. The minimum atomic E-state index is -0.676. The number of thioether (sulfide) groups is 1. The van der Waals surface area contributed by atoms with E-state index in [4.69, 9.17) is 10.8 Å². The molecule has 0 spiro atoms. The number of rotatable bonds is 1. The van der Waals surface area contributed by atoms with E-state index < -0.39 is 5.97 Å². The fourth-order valence-electron chi connectivity index (χ4n) is 1.96. The molecule has 1 saturated carbocycles. The van der Waals surface area contributed by atoms with Gasteiger partial charge < -0.3 is 10.8 Å². The third kappa shape index (κ3) is 1.65. The molecule has 0 amide bonds. The maximum Gasteiger partial charge on any atom is 0.306 e. The Kier molecular flexibility index (Phi) is 2.19. The van der Waals surface area contributed by atoms with E-state index in [0.717, 1.165) is 19.3 Å². The van der Waals surface area contributed by atoms with Crippen LogP contribution in [0.5, 0.6) is 0 Å². The van der Waals surface area contributed by atoms with Crippen molar-refractivity contribution in [2.24, 2.45) is 16.6 Å². The van der Waals surface area contributed by atoms with Crippen LogP contribution in [0.1, 0.15) is 19.3 Å². The molecule has 72 valence electrons. The molecular weight excluding hydrogens is 188 g/mol. The van der Waals surface area contributed by atoms with E-state index in [0.29, 0.717) is 10.4 Å². The summed E-state index contributed by atoms with van der Waals surface area (Å²) in [7, 11) is 0. The van der Waals surface area contributed by atoms with Gasteiger partial charge in [-0.1, -0.05) is 11.8 Å². The Morgan fingerprint density at radius 3 is 3.08 bits per heavy atom. The lowest BCUT2D eigenvalue weighted by molar-refractivity contribution is -0.142. The zero-order valence-electron chi connectivity index (χ0n) is 7.14. The largest absolute Gasteiger partial charge is 0.481 e. The minimum absolute atomic E-state index is 0.185. The first-order valence-corrected chi connectivity index (χ1v) is 5.27. The van der Waals surface area contributed by atoms with Crippen molar-refractivity contribution in [1.29, 1.82) is 0 Å². The molecule has 3 atom stereocenters. The molecule has 2 rings (SSSR count). The summed E-state index contributed by atoms with van der Waals surface area (Å²) in [4.78, 5) is 15.0. The molecule has 2 aliphatic rings. The average Bonchev–Trinajstić information content (AvgIpc) is 2.42. The highest BCUT2D eigenvalue weighted by atomic mass is 32.2. The number of carbonyl (C=O) groups is 1. The molecule has 0 aromatic carbocycles. The predicted molar refractivity (Wildman–Crippen MR) is 51.8 cm³/mol. The van der Waals surface area contributed by atoms with E-state index in [1.165, 1.54) is 11.8 Å². The van der Waals surface area contributed by atoms with Crippen LogP contribution in [0.25, 0.3) is 0 Å². The van der Waals surface area contributed by atoms with Gasteiger partial charge in [-0.3, -0.25) is 9.79 Å². The van der Waals surface area contributed by atoms with Crippen LogP contribution in [0.3, 0.4) is 0 Å². The standard InChI is InChI=1S/C8H12N2O2S/c9-8-10-5-2-1-4(7(11)12)3-6(5)13-8/h4-6H,1-3H2,(H2,9,10)(H,11,12). The van der Waals surface area contributed by atoms with Crippen LogP contribution in [0.2, 0.25) is 0 Å². The number of aliphatic imine (C=N–C) groups is 1. The summed E-state index contributed by atoms with van der Waals surface area (Å²) in [5.41, 5.74) is 5.58. The van der Waals surface area contributed by atoms with Crippen LogP contribution in [0.4, 0.5) is 0 Å². The first-order chi connectivity index (χ1) is 6.16. The van der Waals surface area contributed by atoms with Crippen molar-refractivity contribution in [1.82, 2.24) is 0 Å². The Balaban J connectivity index is 2.01. The number of carboxylic acid groups (broad SMARTS) is 1. The molecule has 3 unspecified atom stereocenters. The van der Waals surface area contributed by atoms with Gasteiger partial charge in [0.05, 0.1) is 12.0 Å². The summed E-state index contributed by atoms with van der Waals surface area (Å²) < 4.78 is 0. The van der Waals surface area contributed by atoms with Gasteiger partial charge >= 0.3 is 5.97 Å². The highest BCUT2D eigenvalue weighted by molar-refractivity contribution is 8.14. The molecule has 1 fully saturated rings. The third-order valence-electron chi connectivity index (χ3n) is 2.67. The summed E-state index contributed by atoms with van der Waals surface area (Å²) in [6.45, 7) is 0. The second-order valence-corrected chi connectivity index (χ2v) is 4.80. The van der Waals surface area contributed by atoms with Crippen molar-refractivity contribution in [3.63, 3.8) is 0 Å². The Bertz CT molecular complexity index is 267. The van der Waals surface area contributed by atoms with Crippen LogP contribution in [-0.2, 0) is 4.79 Å². The molecule has 1 aliphatic carbocycles. The van der Waals surface area contributed by atoms with Gasteiger partial charge in [-0.15, -0.1) is 0 Å². The molecule has 3 N–H and O–H groups in total. The van der Waals surface area contributed by atoms with Gasteiger partial charge in [0.2, 0.25) is 0 Å². The van der Waals surface area contributed by atoms with Crippen molar-refractivity contribution in [3.8, 4) is 0 Å². The van der Waals surface area contributed by atoms with E-state index >= 15 is 0 Å². The number of nitrogens with zero attached hydrogens (tertiary/aromatic N) is 1. The van der Waals surface area contributed by atoms with Gasteiger partial charge in [-0.25, -0.2) is 0 Å². The van der Waals surface area contributed by atoms with Gasteiger partial charge in [0, 0.05) is 5.25 Å². The van der Waals surface area contributed by atoms with E-state index in [1.54, 1.807) is 0 Å². The van der Waals surface area contributed by atoms with Gasteiger partial charge in [-0.05, 0) is 19.3 Å². The van der Waals surface area contributed by atoms with Crippen molar-refractivity contribution in [3.05, 3.63) is 0 Å². The van der Waals surface area contributed by atoms with Crippen LogP contribution in [0, 0.1) is 5.92 Å². The van der Waals surface area contributed by atoms with Gasteiger partial charge in [0.25, 0.3) is 0 Å². The molecule has 5 heteroatoms. The van der Waals surface area contributed by atoms with Crippen molar-refractivity contribution < 1.29 is 9.90 Å². The average molecular weight is 200 g/mol. The number of hydrogen-bond acceptors (Lipinski definition) is 4. The molecule has 1 aliphatic heterocycles. The van der Waals surface area contributed by atoms with Crippen LogP contribution < -0.4 is 5.73 Å². The Hall–Kier alpha value is -0.710.